The minimum atomic E-state index is -1.14. The number of allylic oxidation sites excluding steroid dienone is 5. The number of ether oxygens (including phenoxy) is 1. The molecular weight excluding hydrogens is 452 g/mol. The Kier molecular flexibility index (Phi) is 4.95. The number of hydrogen-bond acceptors (Lipinski definition) is 5. The minimum absolute atomic E-state index is 0.0841. The second-order valence-electron chi connectivity index (χ2n) is 12.9. The number of fused-ring (bicyclic) bond motifs is 4. The van der Waals surface area contributed by atoms with Gasteiger partial charge >= 0.3 is 5.97 Å². The van der Waals surface area contributed by atoms with E-state index in [0.29, 0.717) is 41.1 Å². The zero-order chi connectivity index (χ0) is 25.9. The third-order valence-corrected chi connectivity index (χ3v) is 11.3. The average molecular weight is 491 g/mol. The Labute approximate surface area is 213 Å². The van der Waals surface area contributed by atoms with Crippen LogP contribution in [0.5, 0.6) is 0 Å². The second-order valence-corrected chi connectivity index (χ2v) is 12.9. The van der Waals surface area contributed by atoms with E-state index in [0.717, 1.165) is 19.3 Å². The SMILES string of the molecule is COC(=O)/C(C)=C1\C(=O)[C@H](O)[C@]2(C)C3=C(CCC4(C=CC5(C=C4)[C@H](C)C(=O)C[C@@H]5C(C)C)[C@H]31)[C@H]1C[C@H]12. The number of rotatable bonds is 2. The smallest absolute Gasteiger partial charge is 0.333 e. The fourth-order valence-corrected chi connectivity index (χ4v) is 9.15. The number of esters is 1. The van der Waals surface area contributed by atoms with Crippen LogP contribution >= 0.6 is 0 Å². The summed E-state index contributed by atoms with van der Waals surface area (Å²) in [6, 6.07) is 0. The third kappa shape index (κ3) is 2.68. The standard InChI is InChI=1S/C31H38O5/c1-15(2)20-14-22(32)17(4)31(20)11-9-30(10-12-31)8-7-18-19-13-21(19)29(5)24(18)25(30)23(26(33)27(29)34)16(3)28(35)36-6/h9-12,15,17,19-21,25,27,34H,7-8,13-14H2,1-6H3/b23-16-/t17-,19-,20-,21-,25+,27+,29+,30?,31?/m1/s1. The highest BCUT2D eigenvalue weighted by atomic mass is 16.5. The second kappa shape index (κ2) is 7.40. The van der Waals surface area contributed by atoms with Crippen molar-refractivity contribution in [2.24, 2.45) is 51.8 Å². The summed E-state index contributed by atoms with van der Waals surface area (Å²) in [6.45, 7) is 10.2. The van der Waals surface area contributed by atoms with Crippen molar-refractivity contribution in [3.8, 4) is 0 Å². The van der Waals surface area contributed by atoms with E-state index in [1.807, 2.05) is 6.92 Å². The molecule has 0 amide bonds. The Bertz CT molecular complexity index is 1200. The molecule has 0 saturated heterocycles. The molecule has 6 aliphatic carbocycles. The molecule has 0 aromatic rings. The summed E-state index contributed by atoms with van der Waals surface area (Å²) in [5.41, 5.74) is 1.97. The van der Waals surface area contributed by atoms with E-state index in [1.54, 1.807) is 6.92 Å². The topological polar surface area (TPSA) is 80.7 Å². The molecule has 0 unspecified atom stereocenters. The van der Waals surface area contributed by atoms with Crippen molar-refractivity contribution in [2.45, 2.75) is 66.4 Å². The van der Waals surface area contributed by atoms with E-state index in [4.69, 9.17) is 4.74 Å². The average Bonchev–Trinajstić information content (AvgIpc) is 3.57. The van der Waals surface area contributed by atoms with Gasteiger partial charge in [0.15, 0.2) is 5.78 Å². The van der Waals surface area contributed by atoms with Gasteiger partial charge in [-0.05, 0) is 49.9 Å². The van der Waals surface area contributed by atoms with Crippen LogP contribution in [0, 0.1) is 51.8 Å². The molecule has 2 spiro atoms. The molecule has 0 heterocycles. The van der Waals surface area contributed by atoms with Gasteiger partial charge in [0.25, 0.3) is 0 Å². The summed E-state index contributed by atoms with van der Waals surface area (Å²) >= 11 is 0. The number of aliphatic hydroxyl groups is 1. The van der Waals surface area contributed by atoms with Gasteiger partial charge in [0.05, 0.1) is 7.11 Å². The van der Waals surface area contributed by atoms with Crippen LogP contribution < -0.4 is 0 Å². The van der Waals surface area contributed by atoms with Gasteiger partial charge < -0.3 is 9.84 Å². The molecule has 0 bridgehead atoms. The molecule has 0 aromatic heterocycles. The maximum Gasteiger partial charge on any atom is 0.333 e. The van der Waals surface area contributed by atoms with Gasteiger partial charge in [0, 0.05) is 45.6 Å². The predicted octanol–water partition coefficient (Wildman–Crippen LogP) is 4.76. The van der Waals surface area contributed by atoms with Crippen molar-refractivity contribution < 1.29 is 24.2 Å². The molecule has 5 nitrogen and oxygen atoms in total. The Morgan fingerprint density at radius 2 is 1.83 bits per heavy atom. The molecule has 0 aromatic carbocycles. The zero-order valence-electron chi connectivity index (χ0n) is 22.3. The van der Waals surface area contributed by atoms with Crippen molar-refractivity contribution in [3.05, 3.63) is 46.6 Å². The highest BCUT2D eigenvalue weighted by Gasteiger charge is 2.71. The van der Waals surface area contributed by atoms with Crippen LogP contribution in [-0.2, 0) is 19.1 Å². The first-order chi connectivity index (χ1) is 16.9. The van der Waals surface area contributed by atoms with E-state index in [9.17, 15) is 19.5 Å². The number of aliphatic hydroxyl groups excluding tert-OH is 1. The van der Waals surface area contributed by atoms with E-state index in [-0.39, 0.29) is 29.0 Å². The fourth-order valence-electron chi connectivity index (χ4n) is 9.15. The van der Waals surface area contributed by atoms with Crippen molar-refractivity contribution in [2.75, 3.05) is 7.11 Å². The highest BCUT2D eigenvalue weighted by Crippen LogP contribution is 2.75. The zero-order valence-corrected chi connectivity index (χ0v) is 22.3. The van der Waals surface area contributed by atoms with Gasteiger partial charge in [0.1, 0.15) is 11.9 Å². The van der Waals surface area contributed by atoms with Crippen molar-refractivity contribution >= 4 is 17.5 Å². The maximum absolute atomic E-state index is 13.9. The molecule has 0 radical (unpaired) electrons. The first-order valence-corrected chi connectivity index (χ1v) is 13.6. The van der Waals surface area contributed by atoms with Crippen LogP contribution in [0.3, 0.4) is 0 Å². The lowest BCUT2D eigenvalue weighted by molar-refractivity contribution is -0.138. The quantitative estimate of drug-likeness (QED) is 0.343. The number of carbonyl (C=O) groups is 3. The summed E-state index contributed by atoms with van der Waals surface area (Å²) in [5.74, 6) is 0.470. The van der Waals surface area contributed by atoms with Crippen LogP contribution in [0.15, 0.2) is 46.6 Å². The van der Waals surface area contributed by atoms with Gasteiger partial charge in [-0.1, -0.05) is 63.1 Å². The fraction of sp³-hybridized carbons (Fsp3) is 0.645. The Morgan fingerprint density at radius 3 is 2.44 bits per heavy atom. The first kappa shape index (κ1) is 24.1. The molecule has 0 aliphatic heterocycles. The molecule has 3 fully saturated rings. The summed E-state index contributed by atoms with van der Waals surface area (Å²) in [6.07, 6.45) is 11.4. The van der Waals surface area contributed by atoms with Crippen LogP contribution in [0.1, 0.15) is 60.3 Å². The molecule has 6 aliphatic rings. The molecule has 3 saturated carbocycles. The molecule has 6 rings (SSSR count). The molecule has 36 heavy (non-hydrogen) atoms. The number of methoxy groups -OCH3 is 1. The van der Waals surface area contributed by atoms with Crippen molar-refractivity contribution in [1.29, 1.82) is 0 Å². The normalized spacial score (nSPS) is 47.7. The summed E-state index contributed by atoms with van der Waals surface area (Å²) in [7, 11) is 1.33. The van der Waals surface area contributed by atoms with Crippen LogP contribution in [-0.4, -0.2) is 35.9 Å². The third-order valence-electron chi connectivity index (χ3n) is 11.3. The van der Waals surface area contributed by atoms with E-state index >= 15 is 0 Å². The van der Waals surface area contributed by atoms with E-state index < -0.39 is 22.9 Å². The molecule has 1 N–H and O–H groups in total. The van der Waals surface area contributed by atoms with Gasteiger partial charge in [0.2, 0.25) is 0 Å². The summed E-state index contributed by atoms with van der Waals surface area (Å²) < 4.78 is 5.05. The van der Waals surface area contributed by atoms with Crippen molar-refractivity contribution in [3.63, 3.8) is 0 Å². The lowest BCUT2D eigenvalue weighted by Gasteiger charge is -2.54. The van der Waals surface area contributed by atoms with E-state index in [1.165, 1.54) is 18.3 Å². The first-order valence-electron chi connectivity index (χ1n) is 13.6. The molecular formula is C31H38O5. The number of hydrogen-bond donors (Lipinski definition) is 1. The Balaban J connectivity index is 1.54. The van der Waals surface area contributed by atoms with Gasteiger partial charge in [-0.15, -0.1) is 0 Å². The lowest BCUT2D eigenvalue weighted by atomic mass is 9.49. The van der Waals surface area contributed by atoms with Gasteiger partial charge in [-0.2, -0.15) is 0 Å². The molecule has 7 atom stereocenters. The van der Waals surface area contributed by atoms with Crippen LogP contribution in [0.4, 0.5) is 0 Å². The number of carbonyl (C=O) groups excluding carboxylic acids is 3. The summed E-state index contributed by atoms with van der Waals surface area (Å²) in [4.78, 5) is 39.5. The van der Waals surface area contributed by atoms with Crippen molar-refractivity contribution in [1.82, 2.24) is 0 Å². The molecule has 192 valence electrons. The van der Waals surface area contributed by atoms with Gasteiger partial charge in [-0.3, -0.25) is 9.59 Å². The Morgan fingerprint density at radius 1 is 1.17 bits per heavy atom. The number of Topliss-reactive ketones (excluding diaryl/α,β-unsaturated/α-hetero) is 2. The predicted molar refractivity (Wildman–Crippen MR) is 135 cm³/mol. The molecule has 5 heteroatoms. The van der Waals surface area contributed by atoms with Crippen LogP contribution in [0.2, 0.25) is 0 Å². The largest absolute Gasteiger partial charge is 0.466 e. The Hall–Kier alpha value is -2.27. The van der Waals surface area contributed by atoms with Crippen LogP contribution in [0.25, 0.3) is 0 Å². The number of ketones is 2. The summed E-state index contributed by atoms with van der Waals surface area (Å²) in [5, 5.41) is 11.4. The lowest BCUT2D eigenvalue weighted by Crippen LogP contribution is -2.54. The minimum Gasteiger partial charge on any atom is -0.466 e. The monoisotopic (exact) mass is 490 g/mol. The maximum atomic E-state index is 13.9. The van der Waals surface area contributed by atoms with Gasteiger partial charge in [-0.25, -0.2) is 4.79 Å². The highest BCUT2D eigenvalue weighted by molar-refractivity contribution is 6.08. The van der Waals surface area contributed by atoms with E-state index in [2.05, 4.69) is 45.1 Å².